The van der Waals surface area contributed by atoms with Crippen molar-refractivity contribution < 1.29 is 4.74 Å². The van der Waals surface area contributed by atoms with E-state index in [4.69, 9.17) is 4.74 Å². The molecule has 0 bridgehead atoms. The third-order valence-electron chi connectivity index (χ3n) is 3.34. The van der Waals surface area contributed by atoms with Crippen molar-refractivity contribution in [2.24, 2.45) is 0 Å². The molecule has 2 aromatic heterocycles. The van der Waals surface area contributed by atoms with Crippen molar-refractivity contribution in [3.63, 3.8) is 0 Å². The van der Waals surface area contributed by atoms with Crippen LogP contribution in [-0.4, -0.2) is 23.3 Å². The van der Waals surface area contributed by atoms with E-state index in [-0.39, 0.29) is 0 Å². The average Bonchev–Trinajstić information content (AvgIpc) is 2.89. The first kappa shape index (κ1) is 11.9. The van der Waals surface area contributed by atoms with Gasteiger partial charge in [-0.1, -0.05) is 12.1 Å². The smallest absolute Gasteiger partial charge is 0.0641 e. The first-order valence-corrected chi connectivity index (χ1v) is 6.37. The molecule has 0 saturated carbocycles. The van der Waals surface area contributed by atoms with Crippen molar-refractivity contribution >= 4 is 10.9 Å². The molecule has 3 aromatic rings. The zero-order chi connectivity index (χ0) is 13.1. The summed E-state index contributed by atoms with van der Waals surface area (Å²) < 4.78 is 7.38. The van der Waals surface area contributed by atoms with Gasteiger partial charge in [0.05, 0.1) is 6.61 Å². The van der Waals surface area contributed by atoms with Gasteiger partial charge in [0.25, 0.3) is 0 Å². The second-order valence-electron chi connectivity index (χ2n) is 4.48. The van der Waals surface area contributed by atoms with Crippen molar-refractivity contribution in [3.8, 4) is 11.1 Å². The van der Waals surface area contributed by atoms with Gasteiger partial charge in [-0.15, -0.1) is 0 Å². The van der Waals surface area contributed by atoms with Crippen LogP contribution in [0.2, 0.25) is 0 Å². The minimum atomic E-state index is 0.725. The van der Waals surface area contributed by atoms with Crippen LogP contribution < -0.4 is 0 Å². The predicted molar refractivity (Wildman–Crippen MR) is 77.0 cm³/mol. The molecule has 0 saturated heterocycles. The second kappa shape index (κ2) is 5.24. The highest BCUT2D eigenvalue weighted by Gasteiger charge is 2.06. The molecule has 0 radical (unpaired) electrons. The molecule has 0 unspecified atom stereocenters. The van der Waals surface area contributed by atoms with Gasteiger partial charge in [0.15, 0.2) is 0 Å². The zero-order valence-electron chi connectivity index (χ0n) is 10.9. The molecule has 0 amide bonds. The van der Waals surface area contributed by atoms with Crippen LogP contribution in [0.15, 0.2) is 55.0 Å². The number of pyridine rings is 1. The molecule has 3 nitrogen and oxygen atoms in total. The van der Waals surface area contributed by atoms with Crippen molar-refractivity contribution in [2.75, 3.05) is 13.7 Å². The predicted octanol–water partition coefficient (Wildman–Crippen LogP) is 3.35. The molecule has 2 heterocycles. The van der Waals surface area contributed by atoms with E-state index >= 15 is 0 Å². The van der Waals surface area contributed by atoms with Gasteiger partial charge in [0.1, 0.15) is 0 Å². The summed E-state index contributed by atoms with van der Waals surface area (Å²) in [6.07, 6.45) is 5.78. The lowest BCUT2D eigenvalue weighted by atomic mass is 10.0. The molecule has 0 N–H and O–H groups in total. The van der Waals surface area contributed by atoms with Gasteiger partial charge in [0, 0.05) is 43.1 Å². The summed E-state index contributed by atoms with van der Waals surface area (Å²) >= 11 is 0. The Labute approximate surface area is 112 Å². The quantitative estimate of drug-likeness (QED) is 0.712. The van der Waals surface area contributed by atoms with Crippen molar-refractivity contribution in [2.45, 2.75) is 6.54 Å². The third-order valence-corrected chi connectivity index (χ3v) is 3.34. The van der Waals surface area contributed by atoms with E-state index in [1.165, 1.54) is 22.0 Å². The molecule has 19 heavy (non-hydrogen) atoms. The average molecular weight is 252 g/mol. The SMILES string of the molecule is COCCn1ccc2c(-c3ccncc3)cccc21. The van der Waals surface area contributed by atoms with Gasteiger partial charge in [-0.25, -0.2) is 0 Å². The number of rotatable bonds is 4. The molecule has 0 fully saturated rings. The molecule has 1 aromatic carbocycles. The van der Waals surface area contributed by atoms with Crippen LogP contribution in [0.25, 0.3) is 22.0 Å². The number of fused-ring (bicyclic) bond motifs is 1. The second-order valence-corrected chi connectivity index (χ2v) is 4.48. The Morgan fingerprint density at radius 2 is 1.95 bits per heavy atom. The van der Waals surface area contributed by atoms with Gasteiger partial charge >= 0.3 is 0 Å². The fourth-order valence-electron chi connectivity index (χ4n) is 2.39. The maximum atomic E-state index is 5.15. The summed E-state index contributed by atoms with van der Waals surface area (Å²) in [5, 5.41) is 1.27. The lowest BCUT2D eigenvalue weighted by Crippen LogP contribution is -2.02. The molecule has 0 atom stereocenters. The fourth-order valence-corrected chi connectivity index (χ4v) is 2.39. The number of hydrogen-bond acceptors (Lipinski definition) is 2. The topological polar surface area (TPSA) is 27.1 Å². The van der Waals surface area contributed by atoms with Crippen molar-refractivity contribution in [1.82, 2.24) is 9.55 Å². The third kappa shape index (κ3) is 2.25. The van der Waals surface area contributed by atoms with E-state index in [0.717, 1.165) is 13.2 Å². The van der Waals surface area contributed by atoms with Crippen LogP contribution in [0.5, 0.6) is 0 Å². The molecule has 0 aliphatic carbocycles. The summed E-state index contributed by atoms with van der Waals surface area (Å²) in [6, 6.07) is 12.7. The van der Waals surface area contributed by atoms with Crippen LogP contribution in [0.4, 0.5) is 0 Å². The molecule has 96 valence electrons. The molecule has 0 aliphatic heterocycles. The Hall–Kier alpha value is -2.13. The number of hydrogen-bond donors (Lipinski definition) is 0. The maximum absolute atomic E-state index is 5.15. The van der Waals surface area contributed by atoms with Crippen molar-refractivity contribution in [1.29, 1.82) is 0 Å². The molecule has 0 spiro atoms. The monoisotopic (exact) mass is 252 g/mol. The number of nitrogens with zero attached hydrogens (tertiary/aromatic N) is 2. The molecular weight excluding hydrogens is 236 g/mol. The lowest BCUT2D eigenvalue weighted by molar-refractivity contribution is 0.188. The Balaban J connectivity index is 2.10. The molecule has 0 aliphatic rings. The Bertz CT molecular complexity index is 674. The normalized spacial score (nSPS) is 11.0. The van der Waals surface area contributed by atoms with Crippen LogP contribution in [0.1, 0.15) is 0 Å². The first-order chi connectivity index (χ1) is 9.40. The Kier molecular flexibility index (Phi) is 3.29. The summed E-state index contributed by atoms with van der Waals surface area (Å²) in [5.74, 6) is 0. The van der Waals surface area contributed by atoms with E-state index in [1.807, 2.05) is 24.5 Å². The summed E-state index contributed by atoms with van der Waals surface area (Å²) in [6.45, 7) is 1.60. The van der Waals surface area contributed by atoms with Crippen molar-refractivity contribution in [3.05, 3.63) is 55.0 Å². The molecule has 3 heteroatoms. The molecular formula is C16H16N2O. The standard InChI is InChI=1S/C16H16N2O/c1-19-12-11-18-10-7-15-14(3-2-4-16(15)18)13-5-8-17-9-6-13/h2-10H,11-12H2,1H3. The minimum Gasteiger partial charge on any atom is -0.383 e. The highest BCUT2D eigenvalue weighted by atomic mass is 16.5. The van der Waals surface area contributed by atoms with Gasteiger partial charge in [0.2, 0.25) is 0 Å². The van der Waals surface area contributed by atoms with E-state index < -0.39 is 0 Å². The number of methoxy groups -OCH3 is 1. The van der Waals surface area contributed by atoms with Crippen LogP contribution >= 0.6 is 0 Å². The van der Waals surface area contributed by atoms with E-state index in [2.05, 4.69) is 40.0 Å². The highest BCUT2D eigenvalue weighted by Crippen LogP contribution is 2.28. The summed E-state index contributed by atoms with van der Waals surface area (Å²) in [7, 11) is 1.73. The van der Waals surface area contributed by atoms with Gasteiger partial charge < -0.3 is 9.30 Å². The summed E-state index contributed by atoms with van der Waals surface area (Å²) in [4.78, 5) is 4.07. The van der Waals surface area contributed by atoms with E-state index in [1.54, 1.807) is 7.11 Å². The van der Waals surface area contributed by atoms with E-state index in [0.29, 0.717) is 0 Å². The summed E-state index contributed by atoms with van der Waals surface area (Å²) in [5.41, 5.74) is 3.69. The van der Waals surface area contributed by atoms with Crippen LogP contribution in [0, 0.1) is 0 Å². The van der Waals surface area contributed by atoms with Gasteiger partial charge in [-0.3, -0.25) is 4.98 Å². The first-order valence-electron chi connectivity index (χ1n) is 6.37. The lowest BCUT2D eigenvalue weighted by Gasteiger charge is -2.07. The van der Waals surface area contributed by atoms with E-state index in [9.17, 15) is 0 Å². The number of ether oxygens (including phenoxy) is 1. The highest BCUT2D eigenvalue weighted by molar-refractivity contribution is 5.95. The van der Waals surface area contributed by atoms with Gasteiger partial charge in [-0.2, -0.15) is 0 Å². The minimum absolute atomic E-state index is 0.725. The van der Waals surface area contributed by atoms with Gasteiger partial charge in [-0.05, 0) is 35.4 Å². The zero-order valence-corrected chi connectivity index (χ0v) is 10.9. The number of aromatic nitrogens is 2. The number of benzene rings is 1. The largest absolute Gasteiger partial charge is 0.383 e. The Morgan fingerprint density at radius 1 is 1.11 bits per heavy atom. The van der Waals surface area contributed by atoms with Crippen LogP contribution in [0.3, 0.4) is 0 Å². The Morgan fingerprint density at radius 3 is 2.74 bits per heavy atom. The molecule has 3 rings (SSSR count). The van der Waals surface area contributed by atoms with Crippen LogP contribution in [-0.2, 0) is 11.3 Å². The maximum Gasteiger partial charge on any atom is 0.0641 e. The fraction of sp³-hybridized carbons (Fsp3) is 0.188.